The molecule has 138 valence electrons. The van der Waals surface area contributed by atoms with Gasteiger partial charge in [0.25, 0.3) is 0 Å². The molecular formula is C22H21NO4. The average Bonchev–Trinajstić information content (AvgIpc) is 2.70. The van der Waals surface area contributed by atoms with E-state index in [0.29, 0.717) is 17.0 Å². The number of hydrogen-bond acceptors (Lipinski definition) is 5. The van der Waals surface area contributed by atoms with E-state index in [-0.39, 0.29) is 12.2 Å². The zero-order valence-electron chi connectivity index (χ0n) is 15.6. The molecule has 0 spiro atoms. The Labute approximate surface area is 158 Å². The SMILES string of the molecule is COC(=O)c1cccc(COC(=O)/C(C#N)=C/c2ccc(C(C)C)cc2)c1. The fourth-order valence-electron chi connectivity index (χ4n) is 2.41. The van der Waals surface area contributed by atoms with Crippen LogP contribution in [0.5, 0.6) is 0 Å². The molecule has 0 aliphatic rings. The maximum absolute atomic E-state index is 12.2. The number of nitrogens with zero attached hydrogens (tertiary/aromatic N) is 1. The summed E-state index contributed by atoms with van der Waals surface area (Å²) in [4.78, 5) is 23.7. The molecule has 0 heterocycles. The zero-order chi connectivity index (χ0) is 19.8. The van der Waals surface area contributed by atoms with Crippen LogP contribution in [0, 0.1) is 11.3 Å². The van der Waals surface area contributed by atoms with Gasteiger partial charge in [-0.2, -0.15) is 5.26 Å². The lowest BCUT2D eigenvalue weighted by molar-refractivity contribution is -0.139. The van der Waals surface area contributed by atoms with E-state index in [1.807, 2.05) is 30.3 Å². The van der Waals surface area contributed by atoms with Crippen LogP contribution >= 0.6 is 0 Å². The molecule has 27 heavy (non-hydrogen) atoms. The van der Waals surface area contributed by atoms with Crippen molar-refractivity contribution in [2.75, 3.05) is 7.11 Å². The van der Waals surface area contributed by atoms with Gasteiger partial charge in [0.05, 0.1) is 12.7 Å². The number of ether oxygens (including phenoxy) is 2. The Morgan fingerprint density at radius 1 is 1.15 bits per heavy atom. The van der Waals surface area contributed by atoms with Crippen molar-refractivity contribution in [3.63, 3.8) is 0 Å². The molecule has 2 rings (SSSR count). The smallest absolute Gasteiger partial charge is 0.349 e. The first kappa shape index (κ1) is 19.9. The molecule has 0 saturated carbocycles. The van der Waals surface area contributed by atoms with Crippen molar-refractivity contribution in [1.82, 2.24) is 0 Å². The minimum absolute atomic E-state index is 0.0467. The van der Waals surface area contributed by atoms with Gasteiger partial charge >= 0.3 is 11.9 Å². The highest BCUT2D eigenvalue weighted by atomic mass is 16.5. The second kappa shape index (κ2) is 9.35. The molecule has 2 aromatic rings. The van der Waals surface area contributed by atoms with Crippen molar-refractivity contribution in [1.29, 1.82) is 5.26 Å². The normalized spacial score (nSPS) is 11.0. The number of carbonyl (C=O) groups excluding carboxylic acids is 2. The molecule has 0 N–H and O–H groups in total. The van der Waals surface area contributed by atoms with Crippen LogP contribution in [0.3, 0.4) is 0 Å². The van der Waals surface area contributed by atoms with Crippen LogP contribution in [-0.2, 0) is 20.9 Å². The molecule has 0 aromatic heterocycles. The van der Waals surface area contributed by atoms with Gasteiger partial charge in [-0.15, -0.1) is 0 Å². The van der Waals surface area contributed by atoms with Gasteiger partial charge in [-0.25, -0.2) is 9.59 Å². The maximum Gasteiger partial charge on any atom is 0.349 e. The topological polar surface area (TPSA) is 76.4 Å². The highest BCUT2D eigenvalue weighted by Crippen LogP contribution is 2.17. The van der Waals surface area contributed by atoms with Gasteiger partial charge in [-0.1, -0.05) is 50.2 Å². The molecule has 0 amide bonds. The van der Waals surface area contributed by atoms with Crippen molar-refractivity contribution in [2.24, 2.45) is 0 Å². The van der Waals surface area contributed by atoms with Gasteiger partial charge < -0.3 is 9.47 Å². The van der Waals surface area contributed by atoms with Crippen LogP contribution in [-0.4, -0.2) is 19.0 Å². The second-order valence-corrected chi connectivity index (χ2v) is 6.26. The predicted octanol–water partition coefficient (Wildman–Crippen LogP) is 4.25. The first-order chi connectivity index (χ1) is 12.9. The number of methoxy groups -OCH3 is 1. The third-order valence-electron chi connectivity index (χ3n) is 3.97. The molecule has 0 atom stereocenters. The maximum atomic E-state index is 12.2. The number of carbonyl (C=O) groups is 2. The van der Waals surface area contributed by atoms with Gasteiger partial charge in [0.1, 0.15) is 18.2 Å². The lowest BCUT2D eigenvalue weighted by atomic mass is 10.0. The molecule has 2 aromatic carbocycles. The Morgan fingerprint density at radius 3 is 2.44 bits per heavy atom. The molecule has 0 bridgehead atoms. The molecule has 0 aliphatic carbocycles. The van der Waals surface area contributed by atoms with E-state index in [2.05, 4.69) is 18.6 Å². The minimum Gasteiger partial charge on any atom is -0.465 e. The number of hydrogen-bond donors (Lipinski definition) is 0. The van der Waals surface area contributed by atoms with Crippen molar-refractivity contribution in [3.05, 3.63) is 76.4 Å². The lowest BCUT2D eigenvalue weighted by Gasteiger charge is -2.07. The minimum atomic E-state index is -0.714. The lowest BCUT2D eigenvalue weighted by Crippen LogP contribution is -2.08. The van der Waals surface area contributed by atoms with Gasteiger partial charge in [-0.05, 0) is 40.8 Å². The summed E-state index contributed by atoms with van der Waals surface area (Å²) in [5.41, 5.74) is 2.84. The van der Waals surface area contributed by atoms with Crippen molar-refractivity contribution in [2.45, 2.75) is 26.4 Å². The summed E-state index contributed by atoms with van der Waals surface area (Å²) in [6.45, 7) is 4.14. The van der Waals surface area contributed by atoms with Crippen LogP contribution in [0.15, 0.2) is 54.1 Å². The molecule has 0 aliphatic heterocycles. The van der Waals surface area contributed by atoms with E-state index < -0.39 is 11.9 Å². The fraction of sp³-hybridized carbons (Fsp3) is 0.227. The van der Waals surface area contributed by atoms with E-state index in [9.17, 15) is 14.9 Å². The third kappa shape index (κ3) is 5.55. The number of nitriles is 1. The Hall–Kier alpha value is -3.39. The third-order valence-corrected chi connectivity index (χ3v) is 3.97. The Balaban J connectivity index is 2.07. The second-order valence-electron chi connectivity index (χ2n) is 6.26. The molecule has 0 radical (unpaired) electrons. The van der Waals surface area contributed by atoms with E-state index in [4.69, 9.17) is 4.74 Å². The monoisotopic (exact) mass is 363 g/mol. The first-order valence-electron chi connectivity index (χ1n) is 8.50. The Morgan fingerprint density at radius 2 is 1.85 bits per heavy atom. The summed E-state index contributed by atoms with van der Waals surface area (Å²) in [5, 5.41) is 9.27. The summed E-state index contributed by atoms with van der Waals surface area (Å²) in [7, 11) is 1.30. The summed E-state index contributed by atoms with van der Waals surface area (Å²) in [5.74, 6) is -0.774. The van der Waals surface area contributed by atoms with E-state index in [1.54, 1.807) is 24.3 Å². The van der Waals surface area contributed by atoms with Gasteiger partial charge in [0.2, 0.25) is 0 Å². The van der Waals surface area contributed by atoms with Crippen LogP contribution in [0.25, 0.3) is 6.08 Å². The molecule has 5 heteroatoms. The molecule has 0 saturated heterocycles. The van der Waals surface area contributed by atoms with E-state index >= 15 is 0 Å². The molecule has 5 nitrogen and oxygen atoms in total. The number of esters is 2. The van der Waals surface area contributed by atoms with Crippen molar-refractivity contribution in [3.8, 4) is 6.07 Å². The van der Waals surface area contributed by atoms with E-state index in [1.165, 1.54) is 18.7 Å². The predicted molar refractivity (Wildman–Crippen MR) is 102 cm³/mol. The quantitative estimate of drug-likeness (QED) is 0.436. The largest absolute Gasteiger partial charge is 0.465 e. The fourth-order valence-corrected chi connectivity index (χ4v) is 2.41. The average molecular weight is 363 g/mol. The molecular weight excluding hydrogens is 342 g/mol. The Kier molecular flexibility index (Phi) is 6.90. The van der Waals surface area contributed by atoms with Crippen LogP contribution in [0.4, 0.5) is 0 Å². The molecule has 0 unspecified atom stereocenters. The molecule has 0 fully saturated rings. The highest BCUT2D eigenvalue weighted by molar-refractivity contribution is 5.97. The van der Waals surface area contributed by atoms with E-state index in [0.717, 1.165) is 5.56 Å². The summed E-state index contributed by atoms with van der Waals surface area (Å²) in [6, 6.07) is 16.1. The van der Waals surface area contributed by atoms with Crippen LogP contribution in [0.1, 0.15) is 46.8 Å². The first-order valence-corrected chi connectivity index (χ1v) is 8.50. The number of benzene rings is 2. The van der Waals surface area contributed by atoms with Gasteiger partial charge in [0, 0.05) is 0 Å². The summed E-state index contributed by atoms with van der Waals surface area (Å²) in [6.07, 6.45) is 1.50. The van der Waals surface area contributed by atoms with Crippen LogP contribution in [0.2, 0.25) is 0 Å². The van der Waals surface area contributed by atoms with Crippen molar-refractivity contribution >= 4 is 18.0 Å². The van der Waals surface area contributed by atoms with Gasteiger partial charge in [0.15, 0.2) is 0 Å². The standard InChI is InChI=1S/C22H21NO4/c1-15(2)18-9-7-16(8-10-18)11-20(13-23)22(25)27-14-17-5-4-6-19(12-17)21(24)26-3/h4-12,15H,14H2,1-3H3/b20-11+. The number of rotatable bonds is 6. The van der Waals surface area contributed by atoms with Crippen LogP contribution < -0.4 is 0 Å². The zero-order valence-corrected chi connectivity index (χ0v) is 15.6. The summed E-state index contributed by atoms with van der Waals surface area (Å²) >= 11 is 0. The highest BCUT2D eigenvalue weighted by Gasteiger charge is 2.12. The van der Waals surface area contributed by atoms with Gasteiger partial charge in [-0.3, -0.25) is 0 Å². The Bertz CT molecular complexity index is 889. The summed E-state index contributed by atoms with van der Waals surface area (Å²) < 4.78 is 9.86. The van der Waals surface area contributed by atoms with Crippen molar-refractivity contribution < 1.29 is 19.1 Å².